The fourth-order valence-electron chi connectivity index (χ4n) is 4.41. The van der Waals surface area contributed by atoms with Crippen molar-refractivity contribution in [2.75, 3.05) is 11.4 Å². The number of ketones is 1. The third-order valence-electron chi connectivity index (χ3n) is 4.61. The zero-order valence-electron chi connectivity index (χ0n) is 13.7. The van der Waals surface area contributed by atoms with E-state index < -0.39 is 5.54 Å². The number of benzene rings is 1. The average molecular weight is 273 g/mol. The van der Waals surface area contributed by atoms with Crippen molar-refractivity contribution in [1.29, 1.82) is 0 Å². The molecule has 2 rings (SSSR count). The summed E-state index contributed by atoms with van der Waals surface area (Å²) in [5, 5.41) is 0. The van der Waals surface area contributed by atoms with Crippen molar-refractivity contribution in [2.24, 2.45) is 10.8 Å². The van der Waals surface area contributed by atoms with Gasteiger partial charge in [0.15, 0.2) is 5.78 Å². The number of Topliss-reactive ketones (excluding diaryl/α,β-unsaturated/α-hetero) is 1. The van der Waals surface area contributed by atoms with Crippen LogP contribution in [-0.4, -0.2) is 17.9 Å². The van der Waals surface area contributed by atoms with E-state index in [0.717, 1.165) is 12.2 Å². The molecule has 1 aromatic carbocycles. The third kappa shape index (κ3) is 1.97. The van der Waals surface area contributed by atoms with Crippen molar-refractivity contribution in [1.82, 2.24) is 0 Å². The Balaban J connectivity index is 2.66. The lowest BCUT2D eigenvalue weighted by Gasteiger charge is -2.55. The molecule has 1 aromatic rings. The van der Waals surface area contributed by atoms with Gasteiger partial charge in [-0.2, -0.15) is 0 Å². The maximum Gasteiger partial charge on any atom is 0.161 e. The van der Waals surface area contributed by atoms with Crippen LogP contribution in [0.15, 0.2) is 30.3 Å². The number of hydrogen-bond acceptors (Lipinski definition) is 2. The van der Waals surface area contributed by atoms with E-state index in [1.165, 1.54) is 0 Å². The molecule has 0 unspecified atom stereocenters. The summed E-state index contributed by atoms with van der Waals surface area (Å²) in [6, 6.07) is 10.4. The molecule has 2 nitrogen and oxygen atoms in total. The fourth-order valence-corrected chi connectivity index (χ4v) is 4.41. The molecule has 0 saturated carbocycles. The molecule has 0 atom stereocenters. The second-order valence-corrected chi connectivity index (χ2v) is 7.87. The minimum Gasteiger partial charge on any atom is -0.357 e. The first kappa shape index (κ1) is 15.1. The number of hydrogen-bond donors (Lipinski definition) is 0. The molecule has 0 radical (unpaired) electrons. The van der Waals surface area contributed by atoms with Crippen LogP contribution in [0.3, 0.4) is 0 Å². The second kappa shape index (κ2) is 4.61. The molecular formula is C18H27NO. The van der Waals surface area contributed by atoms with Gasteiger partial charge < -0.3 is 4.90 Å². The van der Waals surface area contributed by atoms with Gasteiger partial charge >= 0.3 is 0 Å². The molecule has 0 aromatic heterocycles. The highest BCUT2D eigenvalue weighted by atomic mass is 16.1. The van der Waals surface area contributed by atoms with Crippen LogP contribution < -0.4 is 4.90 Å². The van der Waals surface area contributed by atoms with Crippen LogP contribution in [0.2, 0.25) is 0 Å². The molecule has 1 fully saturated rings. The molecule has 1 heterocycles. The molecule has 1 aliphatic rings. The standard InChI is InChI=1S/C18H27NO/c1-16(2,3)18(17(4,5)6)15(20)12-13-19(18)14-10-8-7-9-11-14/h7-11H,12-13H2,1-6H3. The number of rotatable bonds is 1. The summed E-state index contributed by atoms with van der Waals surface area (Å²) in [6.07, 6.45) is 0.642. The van der Waals surface area contributed by atoms with Gasteiger partial charge in [-0.15, -0.1) is 0 Å². The van der Waals surface area contributed by atoms with E-state index in [2.05, 4.69) is 58.6 Å². The first-order valence-corrected chi connectivity index (χ1v) is 7.48. The van der Waals surface area contributed by atoms with E-state index in [0.29, 0.717) is 12.2 Å². The lowest BCUT2D eigenvalue weighted by atomic mass is 9.58. The van der Waals surface area contributed by atoms with Gasteiger partial charge in [-0.3, -0.25) is 4.79 Å². The van der Waals surface area contributed by atoms with Crippen LogP contribution in [0.1, 0.15) is 48.0 Å². The van der Waals surface area contributed by atoms with Gasteiger partial charge in [0.25, 0.3) is 0 Å². The van der Waals surface area contributed by atoms with Crippen LogP contribution in [0.25, 0.3) is 0 Å². The van der Waals surface area contributed by atoms with Gasteiger partial charge in [-0.1, -0.05) is 59.7 Å². The molecule has 0 N–H and O–H groups in total. The average Bonchev–Trinajstić information content (AvgIpc) is 2.67. The number of carbonyl (C=O) groups excluding carboxylic acids is 1. The normalized spacial score (nSPS) is 19.5. The third-order valence-corrected chi connectivity index (χ3v) is 4.61. The molecular weight excluding hydrogens is 246 g/mol. The zero-order valence-corrected chi connectivity index (χ0v) is 13.7. The van der Waals surface area contributed by atoms with Crippen molar-refractivity contribution in [3.05, 3.63) is 30.3 Å². The molecule has 0 aliphatic carbocycles. The maximum absolute atomic E-state index is 12.9. The van der Waals surface area contributed by atoms with Crippen molar-refractivity contribution in [3.8, 4) is 0 Å². The lowest BCUT2D eigenvalue weighted by Crippen LogP contribution is -2.65. The largest absolute Gasteiger partial charge is 0.357 e. The van der Waals surface area contributed by atoms with E-state index in [9.17, 15) is 4.79 Å². The summed E-state index contributed by atoms with van der Waals surface area (Å²) < 4.78 is 0. The summed E-state index contributed by atoms with van der Waals surface area (Å²) in [6.45, 7) is 14.0. The summed E-state index contributed by atoms with van der Waals surface area (Å²) in [5.41, 5.74) is 0.466. The smallest absolute Gasteiger partial charge is 0.161 e. The Kier molecular flexibility index (Phi) is 3.48. The number of nitrogens with zero attached hydrogens (tertiary/aromatic N) is 1. The molecule has 110 valence electrons. The van der Waals surface area contributed by atoms with Gasteiger partial charge in [-0.05, 0) is 23.0 Å². The molecule has 2 heteroatoms. The van der Waals surface area contributed by atoms with E-state index >= 15 is 0 Å². The van der Waals surface area contributed by atoms with Crippen LogP contribution in [0.5, 0.6) is 0 Å². The zero-order chi connectivity index (χ0) is 15.2. The van der Waals surface area contributed by atoms with Gasteiger partial charge in [0.05, 0.1) is 0 Å². The minimum atomic E-state index is -0.457. The second-order valence-electron chi connectivity index (χ2n) is 7.87. The summed E-state index contributed by atoms with van der Waals surface area (Å²) in [5.74, 6) is 0.376. The van der Waals surface area contributed by atoms with Gasteiger partial charge in [0.2, 0.25) is 0 Å². The van der Waals surface area contributed by atoms with Crippen LogP contribution >= 0.6 is 0 Å². The molecule has 0 amide bonds. The molecule has 0 bridgehead atoms. The number of para-hydroxylation sites is 1. The number of carbonyl (C=O) groups is 1. The summed E-state index contributed by atoms with van der Waals surface area (Å²) in [7, 11) is 0. The SMILES string of the molecule is CC(C)(C)C1(C(C)(C)C)C(=O)CCN1c1ccccc1. The highest BCUT2D eigenvalue weighted by Gasteiger charge is 2.62. The van der Waals surface area contributed by atoms with Crippen LogP contribution in [0.4, 0.5) is 5.69 Å². The van der Waals surface area contributed by atoms with Crippen molar-refractivity contribution >= 4 is 11.5 Å². The van der Waals surface area contributed by atoms with E-state index in [1.807, 2.05) is 18.2 Å². The van der Waals surface area contributed by atoms with Crippen molar-refractivity contribution in [3.63, 3.8) is 0 Å². The topological polar surface area (TPSA) is 20.3 Å². The lowest BCUT2D eigenvalue weighted by molar-refractivity contribution is -0.130. The molecule has 0 spiro atoms. The van der Waals surface area contributed by atoms with Gasteiger partial charge in [0.1, 0.15) is 5.54 Å². The highest BCUT2D eigenvalue weighted by molar-refractivity contribution is 5.97. The van der Waals surface area contributed by atoms with E-state index in [4.69, 9.17) is 0 Å². The quantitative estimate of drug-likeness (QED) is 0.760. The molecule has 1 saturated heterocycles. The Morgan fingerprint density at radius 3 is 1.90 bits per heavy atom. The highest BCUT2D eigenvalue weighted by Crippen LogP contribution is 2.53. The summed E-state index contributed by atoms with van der Waals surface area (Å²) >= 11 is 0. The first-order chi connectivity index (χ1) is 9.12. The summed E-state index contributed by atoms with van der Waals surface area (Å²) in [4.78, 5) is 15.3. The first-order valence-electron chi connectivity index (χ1n) is 7.48. The Hall–Kier alpha value is -1.31. The Labute approximate surface area is 123 Å². The molecule has 1 aliphatic heterocycles. The van der Waals surface area contributed by atoms with Crippen molar-refractivity contribution < 1.29 is 4.79 Å². The predicted molar refractivity (Wildman–Crippen MR) is 85.1 cm³/mol. The Bertz CT molecular complexity index is 476. The molecule has 20 heavy (non-hydrogen) atoms. The monoisotopic (exact) mass is 273 g/mol. The van der Waals surface area contributed by atoms with E-state index in [-0.39, 0.29) is 10.8 Å². The maximum atomic E-state index is 12.9. The Morgan fingerprint density at radius 1 is 0.950 bits per heavy atom. The Morgan fingerprint density at radius 2 is 1.45 bits per heavy atom. The van der Waals surface area contributed by atoms with Gasteiger partial charge in [-0.25, -0.2) is 0 Å². The minimum absolute atomic E-state index is 0.116. The predicted octanol–water partition coefficient (Wildman–Crippen LogP) is 4.30. The fraction of sp³-hybridized carbons (Fsp3) is 0.611. The van der Waals surface area contributed by atoms with Crippen molar-refractivity contribution in [2.45, 2.75) is 53.5 Å². The van der Waals surface area contributed by atoms with E-state index in [1.54, 1.807) is 0 Å². The van der Waals surface area contributed by atoms with Crippen LogP contribution in [-0.2, 0) is 4.79 Å². The van der Waals surface area contributed by atoms with Crippen LogP contribution in [0, 0.1) is 10.8 Å². The number of anilines is 1. The van der Waals surface area contributed by atoms with Gasteiger partial charge in [0, 0.05) is 18.7 Å².